The Balaban J connectivity index is 2.62. The van der Waals surface area contributed by atoms with Gasteiger partial charge in [0.2, 0.25) is 0 Å². The van der Waals surface area contributed by atoms with Crippen LogP contribution < -0.4 is 5.32 Å². The molecular weight excluding hydrogens is 104 g/mol. The molecule has 0 aromatic heterocycles. The van der Waals surface area contributed by atoms with Gasteiger partial charge in [-0.15, -0.1) is 0 Å². The van der Waals surface area contributed by atoms with Crippen molar-refractivity contribution < 1.29 is 0 Å². The second kappa shape index (κ2) is 6.56. The van der Waals surface area contributed by atoms with E-state index in [2.05, 4.69) is 10.5 Å². The molecule has 0 rings (SSSR count). The lowest BCUT2D eigenvalue weighted by atomic mass is 10.4. The van der Waals surface area contributed by atoms with Crippen LogP contribution in [0.1, 0.15) is 13.3 Å². The van der Waals surface area contributed by atoms with E-state index >= 15 is 0 Å². The summed E-state index contributed by atoms with van der Waals surface area (Å²) in [6.07, 6.45) is 0.858. The molecule has 0 bridgehead atoms. The standard InChI is InChI=1S/C5H12N2O/c1-2-6-4-3-5-7-8/h6H,2-5H2,1H3. The normalized spacial score (nSPS) is 9.12. The molecule has 0 saturated heterocycles. The molecule has 0 saturated carbocycles. The van der Waals surface area contributed by atoms with Gasteiger partial charge in [-0.3, -0.25) is 0 Å². The first kappa shape index (κ1) is 7.56. The summed E-state index contributed by atoms with van der Waals surface area (Å²) in [5, 5.41) is 5.80. The molecule has 0 aliphatic rings. The Hall–Kier alpha value is -0.440. The maximum absolute atomic E-state index is 9.49. The van der Waals surface area contributed by atoms with Crippen molar-refractivity contribution in [3.05, 3.63) is 4.91 Å². The molecule has 0 unspecified atom stereocenters. The van der Waals surface area contributed by atoms with Crippen molar-refractivity contribution in [3.8, 4) is 0 Å². The summed E-state index contributed by atoms with van der Waals surface area (Å²) in [5.74, 6) is 0. The Morgan fingerprint density at radius 1 is 1.62 bits per heavy atom. The van der Waals surface area contributed by atoms with E-state index in [4.69, 9.17) is 0 Å². The van der Waals surface area contributed by atoms with Crippen molar-refractivity contribution in [3.63, 3.8) is 0 Å². The first-order valence-corrected chi connectivity index (χ1v) is 2.91. The van der Waals surface area contributed by atoms with E-state index in [-0.39, 0.29) is 0 Å². The van der Waals surface area contributed by atoms with Crippen molar-refractivity contribution in [2.24, 2.45) is 5.18 Å². The molecule has 0 radical (unpaired) electrons. The topological polar surface area (TPSA) is 41.5 Å². The van der Waals surface area contributed by atoms with Crippen LogP contribution in [0.25, 0.3) is 0 Å². The average molecular weight is 116 g/mol. The number of hydrogen-bond acceptors (Lipinski definition) is 3. The van der Waals surface area contributed by atoms with Crippen LogP contribution in [0, 0.1) is 4.91 Å². The van der Waals surface area contributed by atoms with E-state index in [1.807, 2.05) is 6.92 Å². The predicted octanol–water partition coefficient (Wildman–Crippen LogP) is 0.752. The van der Waals surface area contributed by atoms with Gasteiger partial charge < -0.3 is 5.32 Å². The SMILES string of the molecule is CCNCCCN=O. The van der Waals surface area contributed by atoms with Gasteiger partial charge >= 0.3 is 0 Å². The molecule has 0 spiro atoms. The van der Waals surface area contributed by atoms with E-state index < -0.39 is 0 Å². The van der Waals surface area contributed by atoms with Crippen molar-refractivity contribution in [2.45, 2.75) is 13.3 Å². The first-order valence-electron chi connectivity index (χ1n) is 2.91. The Morgan fingerprint density at radius 3 is 2.88 bits per heavy atom. The Kier molecular flexibility index (Phi) is 6.20. The average Bonchev–Trinajstić information content (AvgIpc) is 1.81. The van der Waals surface area contributed by atoms with E-state index in [1.165, 1.54) is 0 Å². The van der Waals surface area contributed by atoms with Crippen molar-refractivity contribution in [1.82, 2.24) is 5.32 Å². The van der Waals surface area contributed by atoms with Crippen molar-refractivity contribution >= 4 is 0 Å². The highest BCUT2D eigenvalue weighted by atomic mass is 16.3. The van der Waals surface area contributed by atoms with Crippen LogP contribution in [-0.4, -0.2) is 19.6 Å². The highest BCUT2D eigenvalue weighted by molar-refractivity contribution is 4.45. The van der Waals surface area contributed by atoms with Gasteiger partial charge in [-0.2, -0.15) is 4.91 Å². The van der Waals surface area contributed by atoms with Gasteiger partial charge in [-0.05, 0) is 19.5 Å². The summed E-state index contributed by atoms with van der Waals surface area (Å²) in [7, 11) is 0. The maximum atomic E-state index is 9.49. The highest BCUT2D eigenvalue weighted by Crippen LogP contribution is 1.75. The van der Waals surface area contributed by atoms with E-state index in [0.29, 0.717) is 6.54 Å². The summed E-state index contributed by atoms with van der Waals surface area (Å²) < 4.78 is 0. The summed E-state index contributed by atoms with van der Waals surface area (Å²) >= 11 is 0. The molecule has 0 aliphatic carbocycles. The van der Waals surface area contributed by atoms with Crippen LogP contribution in [0.2, 0.25) is 0 Å². The summed E-state index contributed by atoms with van der Waals surface area (Å²) in [4.78, 5) is 9.49. The molecule has 0 aromatic carbocycles. The zero-order valence-corrected chi connectivity index (χ0v) is 5.18. The van der Waals surface area contributed by atoms with Gasteiger partial charge in [0.05, 0.1) is 6.54 Å². The van der Waals surface area contributed by atoms with Gasteiger partial charge in [0.1, 0.15) is 0 Å². The number of rotatable bonds is 5. The molecule has 1 N–H and O–H groups in total. The molecule has 0 fully saturated rings. The fourth-order valence-electron chi connectivity index (χ4n) is 0.445. The lowest BCUT2D eigenvalue weighted by Gasteiger charge is -1.94. The molecule has 3 nitrogen and oxygen atoms in total. The van der Waals surface area contributed by atoms with Gasteiger partial charge in [0.15, 0.2) is 0 Å². The van der Waals surface area contributed by atoms with E-state index in [0.717, 1.165) is 19.5 Å². The quantitative estimate of drug-likeness (QED) is 0.425. The monoisotopic (exact) mass is 116 g/mol. The second-order valence-corrected chi connectivity index (χ2v) is 1.56. The molecule has 3 heteroatoms. The molecule has 0 amide bonds. The minimum atomic E-state index is 0.438. The third kappa shape index (κ3) is 5.56. The number of nitrogens with zero attached hydrogens (tertiary/aromatic N) is 1. The maximum Gasteiger partial charge on any atom is 0.0823 e. The molecule has 0 aliphatic heterocycles. The van der Waals surface area contributed by atoms with Gasteiger partial charge in [0, 0.05) is 0 Å². The number of nitroso groups, excluding NO2 is 1. The minimum absolute atomic E-state index is 0.438. The van der Waals surface area contributed by atoms with Gasteiger partial charge in [-0.1, -0.05) is 12.1 Å². The zero-order valence-electron chi connectivity index (χ0n) is 5.18. The molecule has 0 heterocycles. The smallest absolute Gasteiger partial charge is 0.0823 e. The Bertz CT molecular complexity index is 56.4. The van der Waals surface area contributed by atoms with Gasteiger partial charge in [-0.25, -0.2) is 0 Å². The van der Waals surface area contributed by atoms with E-state index in [1.54, 1.807) is 0 Å². The van der Waals surface area contributed by atoms with Crippen LogP contribution in [0.3, 0.4) is 0 Å². The second-order valence-electron chi connectivity index (χ2n) is 1.56. The molecule has 0 aromatic rings. The summed E-state index contributed by atoms with van der Waals surface area (Å²) in [6, 6.07) is 0. The number of hydrogen-bond donors (Lipinski definition) is 1. The Morgan fingerprint density at radius 2 is 2.38 bits per heavy atom. The first-order chi connectivity index (χ1) is 3.91. The van der Waals surface area contributed by atoms with Crippen LogP contribution in [-0.2, 0) is 0 Å². The largest absolute Gasteiger partial charge is 0.317 e. The summed E-state index contributed by atoms with van der Waals surface area (Å²) in [5.41, 5.74) is 0. The van der Waals surface area contributed by atoms with Crippen LogP contribution in [0.5, 0.6) is 0 Å². The van der Waals surface area contributed by atoms with Crippen molar-refractivity contribution in [1.29, 1.82) is 0 Å². The van der Waals surface area contributed by atoms with E-state index in [9.17, 15) is 4.91 Å². The predicted molar refractivity (Wildman–Crippen MR) is 33.8 cm³/mol. The van der Waals surface area contributed by atoms with Crippen molar-refractivity contribution in [2.75, 3.05) is 19.6 Å². The molecule has 48 valence electrons. The summed E-state index contributed by atoms with van der Waals surface area (Å²) in [6.45, 7) is 4.35. The lowest BCUT2D eigenvalue weighted by Crippen LogP contribution is -2.14. The Labute approximate surface area is 49.4 Å². The molecule has 8 heavy (non-hydrogen) atoms. The van der Waals surface area contributed by atoms with Gasteiger partial charge in [0.25, 0.3) is 0 Å². The molecular formula is C5H12N2O. The van der Waals surface area contributed by atoms with Crippen LogP contribution in [0.15, 0.2) is 5.18 Å². The zero-order chi connectivity index (χ0) is 6.24. The highest BCUT2D eigenvalue weighted by Gasteiger charge is 1.82. The van der Waals surface area contributed by atoms with Crippen LogP contribution in [0.4, 0.5) is 0 Å². The third-order valence-corrected chi connectivity index (χ3v) is 0.853. The lowest BCUT2D eigenvalue weighted by molar-refractivity contribution is 0.679. The molecule has 0 atom stereocenters. The number of nitrogens with one attached hydrogen (secondary N) is 1. The minimum Gasteiger partial charge on any atom is -0.317 e. The fraction of sp³-hybridized carbons (Fsp3) is 1.00. The van der Waals surface area contributed by atoms with Crippen LogP contribution >= 0.6 is 0 Å². The fourth-order valence-corrected chi connectivity index (χ4v) is 0.445. The third-order valence-electron chi connectivity index (χ3n) is 0.853.